The SMILES string of the molecule is CCCNC(C1CCCCCC1)C1CCC1. The van der Waals surface area contributed by atoms with Crippen molar-refractivity contribution in [3.63, 3.8) is 0 Å². The normalized spacial score (nSPS) is 26.1. The summed E-state index contributed by atoms with van der Waals surface area (Å²) in [6, 6.07) is 0.867. The molecule has 0 aliphatic heterocycles. The highest BCUT2D eigenvalue weighted by molar-refractivity contribution is 4.88. The molecule has 16 heavy (non-hydrogen) atoms. The Morgan fingerprint density at radius 2 is 1.44 bits per heavy atom. The van der Waals surface area contributed by atoms with E-state index in [-0.39, 0.29) is 0 Å². The molecule has 1 nitrogen and oxygen atoms in total. The molecule has 0 radical (unpaired) electrons. The molecular weight excluding hydrogens is 194 g/mol. The Kier molecular flexibility index (Phi) is 5.15. The first kappa shape index (κ1) is 12.4. The number of nitrogens with one attached hydrogen (secondary N) is 1. The molecular formula is C15H29N. The lowest BCUT2D eigenvalue weighted by Crippen LogP contribution is -2.45. The van der Waals surface area contributed by atoms with Crippen molar-refractivity contribution in [2.75, 3.05) is 6.54 Å². The van der Waals surface area contributed by atoms with E-state index in [4.69, 9.17) is 0 Å². The molecule has 1 heteroatoms. The zero-order valence-electron chi connectivity index (χ0n) is 11.0. The Morgan fingerprint density at radius 3 is 1.88 bits per heavy atom. The second-order valence-electron chi connectivity index (χ2n) is 5.92. The minimum Gasteiger partial charge on any atom is -0.313 e. The highest BCUT2D eigenvalue weighted by Gasteiger charge is 2.32. The largest absolute Gasteiger partial charge is 0.313 e. The lowest BCUT2D eigenvalue weighted by Gasteiger charge is -2.39. The summed E-state index contributed by atoms with van der Waals surface area (Å²) < 4.78 is 0. The number of hydrogen-bond donors (Lipinski definition) is 1. The van der Waals surface area contributed by atoms with Crippen molar-refractivity contribution in [1.29, 1.82) is 0 Å². The summed E-state index contributed by atoms with van der Waals surface area (Å²) in [5, 5.41) is 3.87. The minimum absolute atomic E-state index is 0.867. The number of hydrogen-bond acceptors (Lipinski definition) is 1. The molecule has 0 aromatic rings. The van der Waals surface area contributed by atoms with E-state index in [0.29, 0.717) is 0 Å². The second-order valence-corrected chi connectivity index (χ2v) is 5.92. The Hall–Kier alpha value is -0.0400. The quantitative estimate of drug-likeness (QED) is 0.691. The zero-order valence-corrected chi connectivity index (χ0v) is 11.0. The van der Waals surface area contributed by atoms with E-state index in [1.165, 1.54) is 70.8 Å². The van der Waals surface area contributed by atoms with E-state index < -0.39 is 0 Å². The van der Waals surface area contributed by atoms with Gasteiger partial charge < -0.3 is 5.32 Å². The van der Waals surface area contributed by atoms with Crippen LogP contribution < -0.4 is 5.32 Å². The third-order valence-electron chi connectivity index (χ3n) is 4.70. The van der Waals surface area contributed by atoms with E-state index in [1.807, 2.05) is 0 Å². The molecule has 0 aromatic heterocycles. The fourth-order valence-corrected chi connectivity index (χ4v) is 3.50. The van der Waals surface area contributed by atoms with Crippen LogP contribution in [0.5, 0.6) is 0 Å². The highest BCUT2D eigenvalue weighted by Crippen LogP contribution is 2.37. The average Bonchev–Trinajstić information content (AvgIpc) is 2.49. The smallest absolute Gasteiger partial charge is 0.0124 e. The van der Waals surface area contributed by atoms with Crippen LogP contribution in [0.25, 0.3) is 0 Å². The van der Waals surface area contributed by atoms with Gasteiger partial charge in [0.25, 0.3) is 0 Å². The molecule has 2 rings (SSSR count). The van der Waals surface area contributed by atoms with Crippen molar-refractivity contribution in [3.05, 3.63) is 0 Å². The van der Waals surface area contributed by atoms with Crippen LogP contribution in [0.4, 0.5) is 0 Å². The van der Waals surface area contributed by atoms with E-state index in [9.17, 15) is 0 Å². The van der Waals surface area contributed by atoms with Crippen LogP contribution in [0.2, 0.25) is 0 Å². The fourth-order valence-electron chi connectivity index (χ4n) is 3.50. The van der Waals surface area contributed by atoms with Crippen molar-refractivity contribution in [2.24, 2.45) is 11.8 Å². The minimum atomic E-state index is 0.867. The first-order valence-corrected chi connectivity index (χ1v) is 7.65. The van der Waals surface area contributed by atoms with Crippen LogP contribution in [-0.4, -0.2) is 12.6 Å². The van der Waals surface area contributed by atoms with Crippen LogP contribution in [0.3, 0.4) is 0 Å². The van der Waals surface area contributed by atoms with Crippen molar-refractivity contribution in [2.45, 2.75) is 77.2 Å². The maximum atomic E-state index is 3.87. The van der Waals surface area contributed by atoms with Gasteiger partial charge in [0, 0.05) is 6.04 Å². The molecule has 2 aliphatic rings. The summed E-state index contributed by atoms with van der Waals surface area (Å²) in [5.74, 6) is 2.02. The molecule has 0 aromatic carbocycles. The third kappa shape index (κ3) is 3.23. The molecule has 0 spiro atoms. The summed E-state index contributed by atoms with van der Waals surface area (Å²) in [6.07, 6.45) is 14.7. The first-order chi connectivity index (χ1) is 7.92. The van der Waals surface area contributed by atoms with Gasteiger partial charge in [0.2, 0.25) is 0 Å². The summed E-state index contributed by atoms with van der Waals surface area (Å²) >= 11 is 0. The van der Waals surface area contributed by atoms with Crippen LogP contribution >= 0.6 is 0 Å². The molecule has 0 heterocycles. The molecule has 1 unspecified atom stereocenters. The van der Waals surface area contributed by atoms with Gasteiger partial charge in [0.1, 0.15) is 0 Å². The molecule has 1 N–H and O–H groups in total. The maximum Gasteiger partial charge on any atom is 0.0124 e. The Morgan fingerprint density at radius 1 is 0.875 bits per heavy atom. The Balaban J connectivity index is 1.86. The molecule has 2 saturated carbocycles. The van der Waals surface area contributed by atoms with Crippen molar-refractivity contribution >= 4 is 0 Å². The van der Waals surface area contributed by atoms with Crippen LogP contribution in [0.15, 0.2) is 0 Å². The monoisotopic (exact) mass is 223 g/mol. The standard InChI is InChI=1S/C15H29N/c1-2-12-16-15(14-10-7-11-14)13-8-5-3-4-6-9-13/h13-16H,2-12H2,1H3. The fraction of sp³-hybridized carbons (Fsp3) is 1.00. The van der Waals surface area contributed by atoms with Gasteiger partial charge in [-0.25, -0.2) is 0 Å². The average molecular weight is 223 g/mol. The molecule has 94 valence electrons. The van der Waals surface area contributed by atoms with Gasteiger partial charge in [-0.1, -0.05) is 39.0 Å². The predicted molar refractivity (Wildman–Crippen MR) is 70.6 cm³/mol. The van der Waals surface area contributed by atoms with E-state index >= 15 is 0 Å². The molecule has 2 aliphatic carbocycles. The lowest BCUT2D eigenvalue weighted by molar-refractivity contribution is 0.162. The van der Waals surface area contributed by atoms with Gasteiger partial charge >= 0.3 is 0 Å². The summed E-state index contributed by atoms with van der Waals surface area (Å²) in [5.41, 5.74) is 0. The second kappa shape index (κ2) is 6.64. The third-order valence-corrected chi connectivity index (χ3v) is 4.70. The zero-order chi connectivity index (χ0) is 11.2. The summed E-state index contributed by atoms with van der Waals surface area (Å²) in [7, 11) is 0. The first-order valence-electron chi connectivity index (χ1n) is 7.65. The number of rotatable bonds is 5. The van der Waals surface area contributed by atoms with Gasteiger partial charge in [-0.3, -0.25) is 0 Å². The molecule has 2 fully saturated rings. The van der Waals surface area contributed by atoms with Crippen LogP contribution in [0.1, 0.15) is 71.1 Å². The Labute approximate surface area is 101 Å². The van der Waals surface area contributed by atoms with Crippen LogP contribution in [-0.2, 0) is 0 Å². The van der Waals surface area contributed by atoms with Gasteiger partial charge in [0.05, 0.1) is 0 Å². The van der Waals surface area contributed by atoms with Crippen LogP contribution in [0, 0.1) is 11.8 Å². The summed E-state index contributed by atoms with van der Waals surface area (Å²) in [6.45, 7) is 3.52. The van der Waals surface area contributed by atoms with E-state index in [0.717, 1.165) is 17.9 Å². The molecule has 1 atom stereocenters. The van der Waals surface area contributed by atoms with Crippen molar-refractivity contribution in [3.8, 4) is 0 Å². The predicted octanol–water partition coefficient (Wildman–Crippen LogP) is 4.13. The van der Waals surface area contributed by atoms with Gasteiger partial charge in [-0.05, 0) is 50.5 Å². The van der Waals surface area contributed by atoms with Gasteiger partial charge in [-0.15, -0.1) is 0 Å². The van der Waals surface area contributed by atoms with Crippen molar-refractivity contribution in [1.82, 2.24) is 5.32 Å². The van der Waals surface area contributed by atoms with Gasteiger partial charge in [0.15, 0.2) is 0 Å². The highest BCUT2D eigenvalue weighted by atomic mass is 14.9. The lowest BCUT2D eigenvalue weighted by atomic mass is 9.73. The van der Waals surface area contributed by atoms with E-state index in [1.54, 1.807) is 0 Å². The topological polar surface area (TPSA) is 12.0 Å². The Bertz CT molecular complexity index is 178. The van der Waals surface area contributed by atoms with Gasteiger partial charge in [-0.2, -0.15) is 0 Å². The molecule has 0 saturated heterocycles. The maximum absolute atomic E-state index is 3.87. The molecule has 0 bridgehead atoms. The summed E-state index contributed by atoms with van der Waals surface area (Å²) in [4.78, 5) is 0. The van der Waals surface area contributed by atoms with E-state index in [2.05, 4.69) is 12.2 Å². The molecule has 0 amide bonds. The van der Waals surface area contributed by atoms with Crippen molar-refractivity contribution < 1.29 is 0 Å².